The Labute approximate surface area is 188 Å². The van der Waals surface area contributed by atoms with Crippen LogP contribution in [0.15, 0.2) is 84.9 Å². The van der Waals surface area contributed by atoms with Crippen LogP contribution < -0.4 is 20.1 Å². The third-order valence-corrected chi connectivity index (χ3v) is 4.84. The number of thiocarbonyl (C=S) groups is 1. The molecule has 3 aromatic carbocycles. The van der Waals surface area contributed by atoms with Gasteiger partial charge in [0.25, 0.3) is 5.91 Å². The Bertz CT molecular complexity index is 963. The smallest absolute Gasteiger partial charge is 0.257 e. The molecule has 0 saturated heterocycles. The van der Waals surface area contributed by atoms with Crippen molar-refractivity contribution >= 4 is 23.2 Å². The number of carbonyl (C=O) groups excluding carboxylic acids is 1. The highest BCUT2D eigenvalue weighted by Crippen LogP contribution is 2.16. The van der Waals surface area contributed by atoms with Gasteiger partial charge in [0.2, 0.25) is 0 Å². The molecule has 3 aromatic rings. The van der Waals surface area contributed by atoms with Crippen molar-refractivity contribution in [3.8, 4) is 11.5 Å². The van der Waals surface area contributed by atoms with Crippen molar-refractivity contribution in [2.45, 2.75) is 19.4 Å². The van der Waals surface area contributed by atoms with E-state index in [2.05, 4.69) is 17.6 Å². The van der Waals surface area contributed by atoms with Gasteiger partial charge in [-0.3, -0.25) is 10.1 Å². The van der Waals surface area contributed by atoms with Crippen molar-refractivity contribution in [2.24, 2.45) is 0 Å². The van der Waals surface area contributed by atoms with Gasteiger partial charge in [-0.25, -0.2) is 0 Å². The molecule has 1 unspecified atom stereocenters. The number of benzene rings is 3. The summed E-state index contributed by atoms with van der Waals surface area (Å²) in [5, 5.41) is 6.25. The Balaban J connectivity index is 1.44. The maximum atomic E-state index is 12.5. The van der Waals surface area contributed by atoms with Gasteiger partial charge in [-0.1, -0.05) is 55.5 Å². The number of rotatable bonds is 9. The minimum absolute atomic E-state index is 0.0443. The molecule has 160 valence electrons. The molecule has 0 aliphatic rings. The van der Waals surface area contributed by atoms with Crippen molar-refractivity contribution < 1.29 is 14.3 Å². The van der Waals surface area contributed by atoms with E-state index in [1.165, 1.54) is 0 Å². The van der Waals surface area contributed by atoms with Crippen LogP contribution >= 0.6 is 12.2 Å². The summed E-state index contributed by atoms with van der Waals surface area (Å²) in [6, 6.07) is 26.6. The van der Waals surface area contributed by atoms with Gasteiger partial charge in [-0.2, -0.15) is 0 Å². The second-order valence-electron chi connectivity index (χ2n) is 6.83. The molecule has 0 radical (unpaired) electrons. The number of hydrogen-bond acceptors (Lipinski definition) is 4. The van der Waals surface area contributed by atoms with Gasteiger partial charge in [-0.15, -0.1) is 0 Å². The molecule has 0 saturated carbocycles. The molecule has 5 nitrogen and oxygen atoms in total. The van der Waals surface area contributed by atoms with Crippen LogP contribution in [0.3, 0.4) is 0 Å². The molecule has 31 heavy (non-hydrogen) atoms. The van der Waals surface area contributed by atoms with Gasteiger partial charge >= 0.3 is 0 Å². The first-order valence-corrected chi connectivity index (χ1v) is 10.6. The zero-order chi connectivity index (χ0) is 21.9. The van der Waals surface area contributed by atoms with Gasteiger partial charge in [0.1, 0.15) is 24.7 Å². The molecule has 0 fully saturated rings. The van der Waals surface area contributed by atoms with E-state index in [9.17, 15) is 4.79 Å². The number of hydrogen-bond donors (Lipinski definition) is 2. The standard InChI is InChI=1S/C25H26N2O3S/c1-2-23(19-9-5-3-6-10-19)26-25(31)27-24(28)20-13-15-22(16-14-20)30-18-17-29-21-11-7-4-8-12-21/h3-16,23H,2,17-18H2,1H3,(H2,26,27,28,31). The normalized spacial score (nSPS) is 11.3. The second-order valence-corrected chi connectivity index (χ2v) is 7.24. The number of amides is 1. The number of nitrogens with one attached hydrogen (secondary N) is 2. The highest BCUT2D eigenvalue weighted by molar-refractivity contribution is 7.80. The van der Waals surface area contributed by atoms with E-state index in [1.807, 2.05) is 60.7 Å². The van der Waals surface area contributed by atoms with Gasteiger partial charge in [0, 0.05) is 5.56 Å². The molecule has 0 spiro atoms. The van der Waals surface area contributed by atoms with Crippen molar-refractivity contribution in [2.75, 3.05) is 13.2 Å². The Morgan fingerprint density at radius 2 is 1.39 bits per heavy atom. The minimum Gasteiger partial charge on any atom is -0.490 e. The monoisotopic (exact) mass is 434 g/mol. The molecular weight excluding hydrogens is 408 g/mol. The van der Waals surface area contributed by atoms with Crippen LogP contribution in [-0.4, -0.2) is 24.2 Å². The van der Waals surface area contributed by atoms with Crippen LogP contribution in [0.2, 0.25) is 0 Å². The molecule has 0 heterocycles. The zero-order valence-electron chi connectivity index (χ0n) is 17.4. The van der Waals surface area contributed by atoms with Gasteiger partial charge in [0.15, 0.2) is 5.11 Å². The lowest BCUT2D eigenvalue weighted by Crippen LogP contribution is -2.40. The summed E-state index contributed by atoms with van der Waals surface area (Å²) in [4.78, 5) is 12.5. The second kappa shape index (κ2) is 11.7. The molecule has 0 bridgehead atoms. The molecule has 3 rings (SSSR count). The SMILES string of the molecule is CCC(NC(=S)NC(=O)c1ccc(OCCOc2ccccc2)cc1)c1ccccc1. The van der Waals surface area contributed by atoms with Gasteiger partial charge in [-0.05, 0) is 60.6 Å². The van der Waals surface area contributed by atoms with Crippen molar-refractivity contribution in [3.63, 3.8) is 0 Å². The average Bonchev–Trinajstić information content (AvgIpc) is 2.82. The highest BCUT2D eigenvalue weighted by atomic mass is 32.1. The van der Waals surface area contributed by atoms with E-state index < -0.39 is 0 Å². The lowest BCUT2D eigenvalue weighted by molar-refractivity contribution is 0.0976. The summed E-state index contributed by atoms with van der Waals surface area (Å²) in [6.45, 7) is 2.91. The Kier molecular flexibility index (Phi) is 8.43. The molecule has 1 atom stereocenters. The molecule has 2 N–H and O–H groups in total. The fraction of sp³-hybridized carbons (Fsp3) is 0.200. The Morgan fingerprint density at radius 1 is 0.839 bits per heavy atom. The largest absolute Gasteiger partial charge is 0.490 e. The first-order chi connectivity index (χ1) is 15.2. The predicted octanol–water partition coefficient (Wildman–Crippen LogP) is 4.90. The van der Waals surface area contributed by atoms with E-state index in [4.69, 9.17) is 21.7 Å². The van der Waals surface area contributed by atoms with Gasteiger partial charge < -0.3 is 14.8 Å². The maximum absolute atomic E-state index is 12.5. The maximum Gasteiger partial charge on any atom is 0.257 e. The molecule has 6 heteroatoms. The first-order valence-electron chi connectivity index (χ1n) is 10.2. The van der Waals surface area contributed by atoms with Crippen LogP contribution in [0.4, 0.5) is 0 Å². The number of para-hydroxylation sites is 1. The summed E-state index contributed by atoms with van der Waals surface area (Å²) in [5.74, 6) is 1.21. The summed E-state index contributed by atoms with van der Waals surface area (Å²) in [5.41, 5.74) is 1.63. The van der Waals surface area contributed by atoms with E-state index in [0.29, 0.717) is 29.6 Å². The summed E-state index contributed by atoms with van der Waals surface area (Å²) < 4.78 is 11.3. The van der Waals surface area contributed by atoms with Gasteiger partial charge in [0.05, 0.1) is 6.04 Å². The zero-order valence-corrected chi connectivity index (χ0v) is 18.2. The van der Waals surface area contributed by atoms with E-state index >= 15 is 0 Å². The lowest BCUT2D eigenvalue weighted by Gasteiger charge is -2.19. The predicted molar refractivity (Wildman–Crippen MR) is 127 cm³/mol. The topological polar surface area (TPSA) is 59.6 Å². The minimum atomic E-state index is -0.264. The molecule has 0 aromatic heterocycles. The fourth-order valence-electron chi connectivity index (χ4n) is 3.01. The average molecular weight is 435 g/mol. The van der Waals surface area contributed by atoms with Crippen LogP contribution in [0.1, 0.15) is 35.3 Å². The summed E-state index contributed by atoms with van der Waals surface area (Å²) in [6.07, 6.45) is 0.847. The van der Waals surface area contributed by atoms with Crippen LogP contribution in [0, 0.1) is 0 Å². The molecule has 0 aliphatic heterocycles. The van der Waals surface area contributed by atoms with E-state index in [1.54, 1.807) is 24.3 Å². The third kappa shape index (κ3) is 7.12. The molecule has 1 amide bonds. The third-order valence-electron chi connectivity index (χ3n) is 4.62. The summed E-state index contributed by atoms with van der Waals surface area (Å²) in [7, 11) is 0. The van der Waals surface area contributed by atoms with Crippen molar-refractivity contribution in [1.82, 2.24) is 10.6 Å². The van der Waals surface area contributed by atoms with Crippen LogP contribution in [0.25, 0.3) is 0 Å². The Hall–Kier alpha value is -3.38. The number of ether oxygens (including phenoxy) is 2. The van der Waals surface area contributed by atoms with Crippen molar-refractivity contribution in [1.29, 1.82) is 0 Å². The first kappa shape index (κ1) is 22.3. The fourth-order valence-corrected chi connectivity index (χ4v) is 3.25. The lowest BCUT2D eigenvalue weighted by atomic mass is 10.1. The summed E-state index contributed by atoms with van der Waals surface area (Å²) >= 11 is 5.33. The number of carbonyl (C=O) groups is 1. The molecular formula is C25H26N2O3S. The Morgan fingerprint density at radius 3 is 1.97 bits per heavy atom. The van der Waals surface area contributed by atoms with E-state index in [0.717, 1.165) is 17.7 Å². The van der Waals surface area contributed by atoms with Crippen molar-refractivity contribution in [3.05, 3.63) is 96.1 Å². The molecule has 0 aliphatic carbocycles. The van der Waals surface area contributed by atoms with Crippen LogP contribution in [0.5, 0.6) is 11.5 Å². The van der Waals surface area contributed by atoms with E-state index in [-0.39, 0.29) is 11.9 Å². The highest BCUT2D eigenvalue weighted by Gasteiger charge is 2.13. The quantitative estimate of drug-likeness (QED) is 0.371. The van der Waals surface area contributed by atoms with Crippen LogP contribution in [-0.2, 0) is 0 Å².